The zero-order valence-corrected chi connectivity index (χ0v) is 11.0. The number of rotatable bonds is 8. The molecule has 17 heavy (non-hydrogen) atoms. The van der Waals surface area contributed by atoms with Gasteiger partial charge in [0.05, 0.1) is 6.61 Å². The molecule has 0 aliphatic carbocycles. The molecule has 96 valence electrons. The van der Waals surface area contributed by atoms with E-state index in [-0.39, 0.29) is 6.61 Å². The molecule has 0 aliphatic heterocycles. The van der Waals surface area contributed by atoms with E-state index in [1.54, 1.807) is 0 Å². The van der Waals surface area contributed by atoms with E-state index in [2.05, 4.69) is 26.0 Å². The molecule has 1 aromatic rings. The van der Waals surface area contributed by atoms with Crippen LogP contribution in [0.4, 0.5) is 0 Å². The van der Waals surface area contributed by atoms with Crippen molar-refractivity contribution in [3.05, 3.63) is 29.8 Å². The first-order valence-corrected chi connectivity index (χ1v) is 6.62. The van der Waals surface area contributed by atoms with Gasteiger partial charge in [-0.05, 0) is 43.2 Å². The molecule has 0 spiro atoms. The van der Waals surface area contributed by atoms with Gasteiger partial charge in [-0.25, -0.2) is 0 Å². The zero-order chi connectivity index (χ0) is 12.5. The lowest BCUT2D eigenvalue weighted by atomic mass is 9.98. The molecule has 0 amide bonds. The van der Waals surface area contributed by atoms with Crippen molar-refractivity contribution in [3.63, 3.8) is 0 Å². The Morgan fingerprint density at radius 1 is 1.18 bits per heavy atom. The highest BCUT2D eigenvalue weighted by Crippen LogP contribution is 2.28. The quantitative estimate of drug-likeness (QED) is 0.697. The first-order chi connectivity index (χ1) is 8.29. The molecule has 0 bridgehead atoms. The molecule has 1 N–H and O–H groups in total. The Bertz CT molecular complexity index is 310. The zero-order valence-electron chi connectivity index (χ0n) is 11.0. The van der Waals surface area contributed by atoms with E-state index < -0.39 is 0 Å². The Balaban J connectivity index is 2.46. The SMILES string of the molecule is CCC(C)c1ccccc1OCCCCCO. The topological polar surface area (TPSA) is 29.5 Å². The highest BCUT2D eigenvalue weighted by atomic mass is 16.5. The van der Waals surface area contributed by atoms with Crippen LogP contribution in [-0.2, 0) is 0 Å². The maximum Gasteiger partial charge on any atom is 0.122 e. The smallest absolute Gasteiger partial charge is 0.122 e. The van der Waals surface area contributed by atoms with Crippen molar-refractivity contribution in [2.75, 3.05) is 13.2 Å². The van der Waals surface area contributed by atoms with Crippen molar-refractivity contribution < 1.29 is 9.84 Å². The molecule has 1 rings (SSSR count). The molecule has 2 nitrogen and oxygen atoms in total. The fraction of sp³-hybridized carbons (Fsp3) is 0.600. The number of hydrogen-bond acceptors (Lipinski definition) is 2. The molecular weight excluding hydrogens is 212 g/mol. The third kappa shape index (κ3) is 4.78. The molecule has 0 saturated carbocycles. The molecule has 0 radical (unpaired) electrons. The summed E-state index contributed by atoms with van der Waals surface area (Å²) in [5, 5.41) is 8.69. The van der Waals surface area contributed by atoms with E-state index in [1.165, 1.54) is 5.56 Å². The highest BCUT2D eigenvalue weighted by molar-refractivity contribution is 5.35. The molecule has 0 fully saturated rings. The number of para-hydroxylation sites is 1. The Morgan fingerprint density at radius 3 is 2.65 bits per heavy atom. The van der Waals surface area contributed by atoms with Gasteiger partial charge in [-0.1, -0.05) is 32.0 Å². The summed E-state index contributed by atoms with van der Waals surface area (Å²) in [6.45, 7) is 5.45. The summed E-state index contributed by atoms with van der Waals surface area (Å²) in [4.78, 5) is 0. The molecule has 0 aliphatic rings. The van der Waals surface area contributed by atoms with Gasteiger partial charge in [0.1, 0.15) is 5.75 Å². The third-order valence-electron chi connectivity index (χ3n) is 3.12. The monoisotopic (exact) mass is 236 g/mol. The first-order valence-electron chi connectivity index (χ1n) is 6.62. The highest BCUT2D eigenvalue weighted by Gasteiger charge is 2.08. The Labute approximate surface area is 105 Å². The predicted molar refractivity (Wildman–Crippen MR) is 71.6 cm³/mol. The molecular formula is C15H24O2. The van der Waals surface area contributed by atoms with Crippen LogP contribution in [0.5, 0.6) is 5.75 Å². The van der Waals surface area contributed by atoms with E-state index in [1.807, 2.05) is 12.1 Å². The van der Waals surface area contributed by atoms with Gasteiger partial charge < -0.3 is 9.84 Å². The van der Waals surface area contributed by atoms with Gasteiger partial charge in [0, 0.05) is 6.61 Å². The van der Waals surface area contributed by atoms with Crippen molar-refractivity contribution in [2.24, 2.45) is 0 Å². The minimum Gasteiger partial charge on any atom is -0.493 e. The largest absolute Gasteiger partial charge is 0.493 e. The van der Waals surface area contributed by atoms with Crippen LogP contribution in [0, 0.1) is 0 Å². The third-order valence-corrected chi connectivity index (χ3v) is 3.12. The summed E-state index contributed by atoms with van der Waals surface area (Å²) >= 11 is 0. The van der Waals surface area contributed by atoms with Crippen LogP contribution in [-0.4, -0.2) is 18.3 Å². The van der Waals surface area contributed by atoms with Crippen LogP contribution in [0.3, 0.4) is 0 Å². The molecule has 1 atom stereocenters. The molecule has 0 aromatic heterocycles. The lowest BCUT2D eigenvalue weighted by molar-refractivity contribution is 0.265. The van der Waals surface area contributed by atoms with E-state index in [0.29, 0.717) is 5.92 Å². The van der Waals surface area contributed by atoms with Crippen molar-refractivity contribution in [2.45, 2.75) is 45.4 Å². The molecule has 1 aromatic carbocycles. The second-order valence-electron chi connectivity index (χ2n) is 4.48. The molecule has 0 saturated heterocycles. The number of unbranched alkanes of at least 4 members (excludes halogenated alkanes) is 2. The lowest BCUT2D eigenvalue weighted by Crippen LogP contribution is -2.02. The normalized spacial score (nSPS) is 12.4. The summed E-state index contributed by atoms with van der Waals surface area (Å²) in [7, 11) is 0. The fourth-order valence-electron chi connectivity index (χ4n) is 1.81. The van der Waals surface area contributed by atoms with Gasteiger partial charge in [0.15, 0.2) is 0 Å². The van der Waals surface area contributed by atoms with Crippen molar-refractivity contribution >= 4 is 0 Å². The number of aliphatic hydroxyl groups excluding tert-OH is 1. The summed E-state index contributed by atoms with van der Waals surface area (Å²) in [6, 6.07) is 8.29. The van der Waals surface area contributed by atoms with Crippen LogP contribution < -0.4 is 4.74 Å². The average Bonchev–Trinajstić information content (AvgIpc) is 2.38. The van der Waals surface area contributed by atoms with Gasteiger partial charge >= 0.3 is 0 Å². The lowest BCUT2D eigenvalue weighted by Gasteiger charge is -2.15. The summed E-state index contributed by atoms with van der Waals surface area (Å²) in [5.74, 6) is 1.56. The van der Waals surface area contributed by atoms with Crippen molar-refractivity contribution in [1.29, 1.82) is 0 Å². The second kappa shape index (κ2) is 8.13. The van der Waals surface area contributed by atoms with Crippen LogP contribution in [0.15, 0.2) is 24.3 Å². The Morgan fingerprint density at radius 2 is 1.94 bits per heavy atom. The van der Waals surface area contributed by atoms with E-state index in [4.69, 9.17) is 9.84 Å². The average molecular weight is 236 g/mol. The summed E-state index contributed by atoms with van der Waals surface area (Å²) < 4.78 is 5.83. The van der Waals surface area contributed by atoms with E-state index in [0.717, 1.165) is 38.0 Å². The van der Waals surface area contributed by atoms with E-state index >= 15 is 0 Å². The van der Waals surface area contributed by atoms with Gasteiger partial charge in [0.2, 0.25) is 0 Å². The van der Waals surface area contributed by atoms with Crippen molar-refractivity contribution in [3.8, 4) is 5.75 Å². The molecule has 0 heterocycles. The number of ether oxygens (including phenoxy) is 1. The van der Waals surface area contributed by atoms with Gasteiger partial charge in [-0.2, -0.15) is 0 Å². The molecule has 1 unspecified atom stereocenters. The fourth-order valence-corrected chi connectivity index (χ4v) is 1.81. The maximum atomic E-state index is 8.69. The standard InChI is InChI=1S/C15H24O2/c1-3-13(2)14-9-5-6-10-15(14)17-12-8-4-7-11-16/h5-6,9-10,13,16H,3-4,7-8,11-12H2,1-2H3. The Kier molecular flexibility index (Phi) is 6.71. The predicted octanol–water partition coefficient (Wildman–Crippen LogP) is 3.74. The number of benzene rings is 1. The number of hydrogen-bond donors (Lipinski definition) is 1. The van der Waals surface area contributed by atoms with Crippen LogP contribution >= 0.6 is 0 Å². The van der Waals surface area contributed by atoms with Crippen LogP contribution in [0.1, 0.15) is 51.0 Å². The minimum atomic E-state index is 0.281. The maximum absolute atomic E-state index is 8.69. The van der Waals surface area contributed by atoms with Gasteiger partial charge in [0.25, 0.3) is 0 Å². The second-order valence-corrected chi connectivity index (χ2v) is 4.48. The Hall–Kier alpha value is -1.02. The van der Waals surface area contributed by atoms with Crippen LogP contribution in [0.2, 0.25) is 0 Å². The molecule has 2 heteroatoms. The van der Waals surface area contributed by atoms with Gasteiger partial charge in [-0.15, -0.1) is 0 Å². The van der Waals surface area contributed by atoms with Gasteiger partial charge in [-0.3, -0.25) is 0 Å². The van der Waals surface area contributed by atoms with E-state index in [9.17, 15) is 0 Å². The van der Waals surface area contributed by atoms with Crippen LogP contribution in [0.25, 0.3) is 0 Å². The summed E-state index contributed by atoms with van der Waals surface area (Å²) in [5.41, 5.74) is 1.30. The first kappa shape index (κ1) is 14.0. The summed E-state index contributed by atoms with van der Waals surface area (Å²) in [6.07, 6.45) is 4.04. The number of aliphatic hydroxyl groups is 1. The minimum absolute atomic E-state index is 0.281. The van der Waals surface area contributed by atoms with Crippen molar-refractivity contribution in [1.82, 2.24) is 0 Å².